The summed E-state index contributed by atoms with van der Waals surface area (Å²) >= 11 is 0. The van der Waals surface area contributed by atoms with Crippen LogP contribution in [0, 0.1) is 0 Å². The van der Waals surface area contributed by atoms with E-state index in [2.05, 4.69) is 77.8 Å². The molecule has 0 amide bonds. The maximum atomic E-state index is 4.73. The predicted octanol–water partition coefficient (Wildman–Crippen LogP) is 6.19. The smallest absolute Gasteiger partial charge is 0.0435 e. The Kier molecular flexibility index (Phi) is 6.15. The van der Waals surface area contributed by atoms with Crippen molar-refractivity contribution in [1.82, 2.24) is 9.97 Å². The van der Waals surface area contributed by atoms with Crippen LogP contribution in [-0.2, 0) is 6.42 Å². The van der Waals surface area contributed by atoms with Crippen molar-refractivity contribution in [2.24, 2.45) is 0 Å². The summed E-state index contributed by atoms with van der Waals surface area (Å²) in [5.41, 5.74) is 6.43. The van der Waals surface area contributed by atoms with Gasteiger partial charge in [-0.05, 0) is 53.0 Å². The van der Waals surface area contributed by atoms with E-state index in [-0.39, 0.29) is 0 Å². The molecule has 24 heavy (non-hydrogen) atoms. The standard InChI is InChI=1S/C22H32N2/c1-14(2)18-8-9-22(24-12-18)17(7)10-19-11-20(15(3)4)21(13-23-19)16(5)6/h8-9,11-17H,10H2,1-7H3. The molecule has 0 fully saturated rings. The second-order valence-corrected chi connectivity index (χ2v) is 7.89. The molecule has 0 aliphatic rings. The van der Waals surface area contributed by atoms with Crippen LogP contribution in [0.25, 0.3) is 0 Å². The molecule has 0 aromatic carbocycles. The number of pyridine rings is 2. The van der Waals surface area contributed by atoms with E-state index < -0.39 is 0 Å². The molecule has 0 spiro atoms. The third-order valence-corrected chi connectivity index (χ3v) is 4.77. The largest absolute Gasteiger partial charge is 0.261 e. The van der Waals surface area contributed by atoms with Crippen molar-refractivity contribution in [3.05, 3.63) is 58.7 Å². The van der Waals surface area contributed by atoms with Gasteiger partial charge in [0, 0.05) is 29.7 Å². The van der Waals surface area contributed by atoms with E-state index in [1.165, 1.54) is 22.4 Å². The molecule has 1 unspecified atom stereocenters. The van der Waals surface area contributed by atoms with Crippen LogP contribution in [0.4, 0.5) is 0 Å². The summed E-state index contributed by atoms with van der Waals surface area (Å²) in [7, 11) is 0. The van der Waals surface area contributed by atoms with Gasteiger partial charge in [-0.3, -0.25) is 9.97 Å². The number of hydrogen-bond donors (Lipinski definition) is 0. The third kappa shape index (κ3) is 4.43. The topological polar surface area (TPSA) is 25.8 Å². The first-order valence-corrected chi connectivity index (χ1v) is 9.24. The second-order valence-electron chi connectivity index (χ2n) is 7.89. The monoisotopic (exact) mass is 324 g/mol. The van der Waals surface area contributed by atoms with Crippen LogP contribution in [0.2, 0.25) is 0 Å². The lowest BCUT2D eigenvalue weighted by Crippen LogP contribution is -2.07. The molecule has 0 radical (unpaired) electrons. The SMILES string of the molecule is CC(C)c1ccc(C(C)Cc2cc(C(C)C)c(C(C)C)cn2)nc1. The van der Waals surface area contributed by atoms with Gasteiger partial charge in [0.1, 0.15) is 0 Å². The number of nitrogens with zero attached hydrogens (tertiary/aromatic N) is 2. The molecule has 0 bridgehead atoms. The average molecular weight is 325 g/mol. The first-order chi connectivity index (χ1) is 11.3. The average Bonchev–Trinajstić information content (AvgIpc) is 2.54. The maximum Gasteiger partial charge on any atom is 0.0435 e. The van der Waals surface area contributed by atoms with Gasteiger partial charge >= 0.3 is 0 Å². The highest BCUT2D eigenvalue weighted by Gasteiger charge is 2.15. The van der Waals surface area contributed by atoms with Crippen molar-refractivity contribution in [1.29, 1.82) is 0 Å². The minimum atomic E-state index is 0.378. The summed E-state index contributed by atoms with van der Waals surface area (Å²) in [6.07, 6.45) is 5.04. The van der Waals surface area contributed by atoms with Crippen molar-refractivity contribution in [3.63, 3.8) is 0 Å². The summed E-state index contributed by atoms with van der Waals surface area (Å²) in [5, 5.41) is 0. The normalized spacial score (nSPS) is 13.1. The van der Waals surface area contributed by atoms with Crippen molar-refractivity contribution in [2.45, 2.75) is 78.6 Å². The zero-order valence-corrected chi connectivity index (χ0v) is 16.3. The number of hydrogen-bond acceptors (Lipinski definition) is 2. The highest BCUT2D eigenvalue weighted by Crippen LogP contribution is 2.28. The van der Waals surface area contributed by atoms with Crippen LogP contribution >= 0.6 is 0 Å². The van der Waals surface area contributed by atoms with Gasteiger partial charge in [0.05, 0.1) is 0 Å². The molecule has 1 atom stereocenters. The third-order valence-electron chi connectivity index (χ3n) is 4.77. The zero-order chi connectivity index (χ0) is 17.9. The fraction of sp³-hybridized carbons (Fsp3) is 0.545. The van der Waals surface area contributed by atoms with Crippen LogP contribution < -0.4 is 0 Å². The van der Waals surface area contributed by atoms with Gasteiger partial charge < -0.3 is 0 Å². The lowest BCUT2D eigenvalue weighted by molar-refractivity contribution is 0.702. The van der Waals surface area contributed by atoms with E-state index >= 15 is 0 Å². The summed E-state index contributed by atoms with van der Waals surface area (Å²) in [4.78, 5) is 9.40. The molecular formula is C22H32N2. The van der Waals surface area contributed by atoms with Crippen molar-refractivity contribution in [2.75, 3.05) is 0 Å². The summed E-state index contributed by atoms with van der Waals surface area (Å²) < 4.78 is 0. The Morgan fingerprint density at radius 3 is 1.92 bits per heavy atom. The molecule has 0 aliphatic carbocycles. The van der Waals surface area contributed by atoms with E-state index in [0.717, 1.165) is 12.1 Å². The van der Waals surface area contributed by atoms with E-state index in [0.29, 0.717) is 23.7 Å². The Balaban J connectivity index is 2.19. The van der Waals surface area contributed by atoms with Crippen molar-refractivity contribution in [3.8, 4) is 0 Å². The minimum absolute atomic E-state index is 0.378. The van der Waals surface area contributed by atoms with Crippen LogP contribution in [0.15, 0.2) is 30.6 Å². The van der Waals surface area contributed by atoms with Crippen molar-refractivity contribution < 1.29 is 0 Å². The van der Waals surface area contributed by atoms with E-state index in [4.69, 9.17) is 4.98 Å². The molecule has 2 rings (SSSR count). The molecule has 2 aromatic heterocycles. The van der Waals surface area contributed by atoms with E-state index in [1.54, 1.807) is 0 Å². The molecule has 2 aromatic rings. The lowest BCUT2D eigenvalue weighted by Gasteiger charge is -2.18. The van der Waals surface area contributed by atoms with E-state index in [9.17, 15) is 0 Å². The van der Waals surface area contributed by atoms with Crippen LogP contribution in [-0.4, -0.2) is 9.97 Å². The number of rotatable bonds is 6. The van der Waals surface area contributed by atoms with Gasteiger partial charge in [-0.2, -0.15) is 0 Å². The molecule has 0 N–H and O–H groups in total. The van der Waals surface area contributed by atoms with Gasteiger partial charge in [0.2, 0.25) is 0 Å². The first kappa shape index (κ1) is 18.6. The molecule has 0 saturated carbocycles. The number of aromatic nitrogens is 2. The molecule has 2 heteroatoms. The zero-order valence-electron chi connectivity index (χ0n) is 16.3. The predicted molar refractivity (Wildman–Crippen MR) is 103 cm³/mol. The Hall–Kier alpha value is -1.70. The van der Waals surface area contributed by atoms with Crippen molar-refractivity contribution >= 4 is 0 Å². The summed E-state index contributed by atoms with van der Waals surface area (Å²) in [6, 6.07) is 6.68. The van der Waals surface area contributed by atoms with Gasteiger partial charge in [-0.1, -0.05) is 54.5 Å². The van der Waals surface area contributed by atoms with E-state index in [1.807, 2.05) is 6.20 Å². The molecule has 0 aliphatic heterocycles. The lowest BCUT2D eigenvalue weighted by atomic mass is 9.90. The molecule has 0 saturated heterocycles. The quantitative estimate of drug-likeness (QED) is 0.633. The highest BCUT2D eigenvalue weighted by atomic mass is 14.7. The first-order valence-electron chi connectivity index (χ1n) is 9.24. The Morgan fingerprint density at radius 1 is 0.750 bits per heavy atom. The fourth-order valence-electron chi connectivity index (χ4n) is 3.09. The highest BCUT2D eigenvalue weighted by molar-refractivity contribution is 5.32. The summed E-state index contributed by atoms with van der Waals surface area (Å²) in [5.74, 6) is 1.96. The minimum Gasteiger partial charge on any atom is -0.261 e. The second kappa shape index (κ2) is 7.92. The van der Waals surface area contributed by atoms with Gasteiger partial charge in [0.15, 0.2) is 0 Å². The van der Waals surface area contributed by atoms with Crippen LogP contribution in [0.3, 0.4) is 0 Å². The molecular weight excluding hydrogens is 292 g/mol. The summed E-state index contributed by atoms with van der Waals surface area (Å²) in [6.45, 7) is 15.7. The van der Waals surface area contributed by atoms with Gasteiger partial charge in [0.25, 0.3) is 0 Å². The van der Waals surface area contributed by atoms with Crippen LogP contribution in [0.5, 0.6) is 0 Å². The Morgan fingerprint density at radius 2 is 1.42 bits per heavy atom. The molecule has 130 valence electrons. The van der Waals surface area contributed by atoms with Gasteiger partial charge in [-0.15, -0.1) is 0 Å². The molecule has 2 heterocycles. The Bertz CT molecular complexity index is 654. The van der Waals surface area contributed by atoms with Crippen LogP contribution in [0.1, 0.15) is 100 Å². The molecule has 2 nitrogen and oxygen atoms in total. The Labute approximate surface area is 147 Å². The maximum absolute atomic E-state index is 4.73. The van der Waals surface area contributed by atoms with Gasteiger partial charge in [-0.25, -0.2) is 0 Å². The fourth-order valence-corrected chi connectivity index (χ4v) is 3.09.